The lowest BCUT2D eigenvalue weighted by atomic mass is 9.87. The normalized spacial score (nSPS) is 18.9. The minimum Gasteiger partial charge on any atom is -0.488 e. The van der Waals surface area contributed by atoms with Gasteiger partial charge in [-0.2, -0.15) is 21.6 Å². The van der Waals surface area contributed by atoms with Gasteiger partial charge in [0.2, 0.25) is 0 Å². The maximum atomic E-state index is 12.6. The summed E-state index contributed by atoms with van der Waals surface area (Å²) in [4.78, 5) is 0. The zero-order valence-electron chi connectivity index (χ0n) is 17.8. The molecule has 0 fully saturated rings. The highest BCUT2D eigenvalue weighted by atomic mass is 32.2. The molecule has 0 amide bonds. The third-order valence-electron chi connectivity index (χ3n) is 5.59. The number of hydrogen-bond donors (Lipinski definition) is 0. The molecule has 5 nitrogen and oxygen atoms in total. The SMILES string of the molecule is Cc1c(C)c2c(c(C)c1OCc1ccccc1)CC[C@@](C)(COS(=O)(=O)C(F)(F)F)O2. The Kier molecular flexibility index (Phi) is 6.30. The van der Waals surface area contributed by atoms with Gasteiger partial charge in [0.15, 0.2) is 0 Å². The van der Waals surface area contributed by atoms with Crippen molar-refractivity contribution in [2.45, 2.75) is 58.3 Å². The van der Waals surface area contributed by atoms with Crippen molar-refractivity contribution < 1.29 is 35.2 Å². The zero-order chi connectivity index (χ0) is 23.0. The first kappa shape index (κ1) is 23.4. The van der Waals surface area contributed by atoms with Crippen molar-refractivity contribution in [2.75, 3.05) is 6.61 Å². The average Bonchev–Trinajstić information content (AvgIpc) is 2.71. The Bertz CT molecular complexity index is 1070. The van der Waals surface area contributed by atoms with Gasteiger partial charge in [-0.05, 0) is 62.8 Å². The molecule has 9 heteroatoms. The molecule has 0 N–H and O–H groups in total. The van der Waals surface area contributed by atoms with E-state index < -0.39 is 27.8 Å². The molecule has 0 saturated heterocycles. The summed E-state index contributed by atoms with van der Waals surface area (Å²) >= 11 is 0. The quantitative estimate of drug-likeness (QED) is 0.443. The fourth-order valence-electron chi connectivity index (χ4n) is 3.60. The molecule has 2 aromatic rings. The molecule has 0 unspecified atom stereocenters. The second kappa shape index (κ2) is 8.35. The van der Waals surface area contributed by atoms with Crippen LogP contribution in [0.5, 0.6) is 11.5 Å². The molecule has 0 radical (unpaired) electrons. The summed E-state index contributed by atoms with van der Waals surface area (Å²) in [5.74, 6) is 1.30. The van der Waals surface area contributed by atoms with Crippen LogP contribution in [0.4, 0.5) is 13.2 Å². The molecule has 1 aliphatic heterocycles. The highest BCUT2D eigenvalue weighted by Crippen LogP contribution is 2.44. The zero-order valence-corrected chi connectivity index (χ0v) is 18.6. The maximum Gasteiger partial charge on any atom is 0.523 e. The highest BCUT2D eigenvalue weighted by molar-refractivity contribution is 7.87. The van der Waals surface area contributed by atoms with Gasteiger partial charge >= 0.3 is 15.6 Å². The Morgan fingerprint density at radius 2 is 1.71 bits per heavy atom. The number of rotatable bonds is 6. The van der Waals surface area contributed by atoms with Crippen LogP contribution in [-0.4, -0.2) is 26.1 Å². The summed E-state index contributed by atoms with van der Waals surface area (Å²) in [5, 5.41) is 0. The molecule has 2 aromatic carbocycles. The Morgan fingerprint density at radius 1 is 1.06 bits per heavy atom. The van der Waals surface area contributed by atoms with Crippen molar-refractivity contribution in [3.05, 3.63) is 58.1 Å². The van der Waals surface area contributed by atoms with Crippen LogP contribution in [0.1, 0.15) is 41.2 Å². The largest absolute Gasteiger partial charge is 0.523 e. The van der Waals surface area contributed by atoms with Gasteiger partial charge in [0.25, 0.3) is 0 Å². The fraction of sp³-hybridized carbons (Fsp3) is 0.455. The number of alkyl halides is 3. The van der Waals surface area contributed by atoms with Crippen LogP contribution in [0.2, 0.25) is 0 Å². The van der Waals surface area contributed by atoms with Crippen LogP contribution in [0.15, 0.2) is 30.3 Å². The van der Waals surface area contributed by atoms with Gasteiger partial charge in [0.05, 0.1) is 0 Å². The van der Waals surface area contributed by atoms with Crippen LogP contribution >= 0.6 is 0 Å². The first-order chi connectivity index (χ1) is 14.3. The van der Waals surface area contributed by atoms with E-state index >= 15 is 0 Å². The summed E-state index contributed by atoms with van der Waals surface area (Å²) < 4.78 is 76.7. The molecule has 1 heterocycles. The first-order valence-corrected chi connectivity index (χ1v) is 11.2. The molecular weight excluding hydrogens is 433 g/mol. The van der Waals surface area contributed by atoms with Gasteiger partial charge in [-0.25, -0.2) is 0 Å². The Balaban J connectivity index is 1.83. The number of ether oxygens (including phenoxy) is 2. The van der Waals surface area contributed by atoms with E-state index in [1.807, 2.05) is 51.1 Å². The Morgan fingerprint density at radius 3 is 2.32 bits per heavy atom. The minimum absolute atomic E-state index is 0.300. The number of benzene rings is 2. The molecule has 170 valence electrons. The van der Waals surface area contributed by atoms with Gasteiger partial charge < -0.3 is 9.47 Å². The highest BCUT2D eigenvalue weighted by Gasteiger charge is 2.49. The van der Waals surface area contributed by atoms with Crippen LogP contribution in [0.25, 0.3) is 0 Å². The third kappa shape index (κ3) is 4.82. The third-order valence-corrected chi connectivity index (χ3v) is 6.59. The van der Waals surface area contributed by atoms with Gasteiger partial charge in [0, 0.05) is 5.56 Å². The van der Waals surface area contributed by atoms with Gasteiger partial charge in [0.1, 0.15) is 30.3 Å². The van der Waals surface area contributed by atoms with Crippen LogP contribution in [0.3, 0.4) is 0 Å². The van der Waals surface area contributed by atoms with E-state index in [0.29, 0.717) is 25.2 Å². The van der Waals surface area contributed by atoms with Crippen molar-refractivity contribution in [3.8, 4) is 11.5 Å². The van der Waals surface area contributed by atoms with E-state index in [9.17, 15) is 21.6 Å². The van der Waals surface area contributed by atoms with E-state index in [4.69, 9.17) is 9.47 Å². The summed E-state index contributed by atoms with van der Waals surface area (Å²) in [6, 6.07) is 9.75. The summed E-state index contributed by atoms with van der Waals surface area (Å²) in [7, 11) is -5.68. The van der Waals surface area contributed by atoms with Gasteiger partial charge in [-0.3, -0.25) is 4.18 Å². The van der Waals surface area contributed by atoms with E-state index in [-0.39, 0.29) is 0 Å². The topological polar surface area (TPSA) is 61.8 Å². The second-order valence-corrected chi connectivity index (χ2v) is 9.61. The lowest BCUT2D eigenvalue weighted by molar-refractivity contribution is -0.0606. The van der Waals surface area contributed by atoms with Gasteiger partial charge in [-0.15, -0.1) is 0 Å². The average molecular weight is 458 g/mol. The number of hydrogen-bond acceptors (Lipinski definition) is 5. The number of halogens is 3. The second-order valence-electron chi connectivity index (χ2n) is 8.00. The lowest BCUT2D eigenvalue weighted by Gasteiger charge is -2.37. The smallest absolute Gasteiger partial charge is 0.488 e. The van der Waals surface area contributed by atoms with Crippen molar-refractivity contribution in [3.63, 3.8) is 0 Å². The minimum atomic E-state index is -5.68. The first-order valence-electron chi connectivity index (χ1n) is 9.79. The molecular formula is C22H25F3O5S. The Labute approximate surface area is 180 Å². The van der Waals surface area contributed by atoms with Crippen molar-refractivity contribution in [1.29, 1.82) is 0 Å². The van der Waals surface area contributed by atoms with Crippen molar-refractivity contribution in [2.24, 2.45) is 0 Å². The molecule has 0 bridgehead atoms. The van der Waals surface area contributed by atoms with Crippen LogP contribution in [-0.2, 0) is 27.3 Å². The summed E-state index contributed by atoms with van der Waals surface area (Å²) in [6.07, 6.45) is 0.796. The molecule has 31 heavy (non-hydrogen) atoms. The molecule has 3 rings (SSSR count). The number of fused-ring (bicyclic) bond motifs is 1. The van der Waals surface area contributed by atoms with E-state index in [1.165, 1.54) is 0 Å². The summed E-state index contributed by atoms with van der Waals surface area (Å²) in [5.41, 5.74) is -2.18. The van der Waals surface area contributed by atoms with E-state index in [2.05, 4.69) is 4.18 Å². The molecule has 0 aliphatic carbocycles. The molecule has 1 aliphatic rings. The standard InChI is InChI=1S/C22H25F3O5S/c1-14-15(2)20-18(16(3)19(14)28-12-17-8-6-5-7-9-17)10-11-21(4,30-20)13-29-31(26,27)22(23,24)25/h5-9H,10-13H2,1-4H3/t21-/m0/s1. The van der Waals surface area contributed by atoms with Gasteiger partial charge in [-0.1, -0.05) is 30.3 Å². The van der Waals surface area contributed by atoms with Crippen LogP contribution in [0, 0.1) is 20.8 Å². The fourth-order valence-corrected chi connectivity index (χ4v) is 4.14. The molecule has 0 spiro atoms. The lowest BCUT2D eigenvalue weighted by Crippen LogP contribution is -2.43. The van der Waals surface area contributed by atoms with Crippen molar-refractivity contribution in [1.82, 2.24) is 0 Å². The maximum absolute atomic E-state index is 12.6. The van der Waals surface area contributed by atoms with Crippen molar-refractivity contribution >= 4 is 10.1 Å². The predicted molar refractivity (Wildman–Crippen MR) is 110 cm³/mol. The summed E-state index contributed by atoms with van der Waals surface area (Å²) in [6.45, 7) is 6.89. The predicted octanol–water partition coefficient (Wildman–Crippen LogP) is 5.14. The Hall–Kier alpha value is -2.26. The van der Waals surface area contributed by atoms with E-state index in [1.54, 1.807) is 6.92 Å². The molecule has 1 atom stereocenters. The molecule has 0 aromatic heterocycles. The monoisotopic (exact) mass is 458 g/mol. The van der Waals surface area contributed by atoms with E-state index in [0.717, 1.165) is 33.6 Å². The van der Waals surface area contributed by atoms with Crippen LogP contribution < -0.4 is 9.47 Å². The molecule has 0 saturated carbocycles.